The Morgan fingerprint density at radius 2 is 2.00 bits per heavy atom. The highest BCUT2D eigenvalue weighted by Crippen LogP contribution is 2.26. The van der Waals surface area contributed by atoms with Crippen molar-refractivity contribution in [3.8, 4) is 5.82 Å². The molecule has 0 spiro atoms. The van der Waals surface area contributed by atoms with Crippen LogP contribution < -0.4 is 11.1 Å². The standard InChI is InChI=1S/C15H15ClN6/c1-9-6-10(2)22(21-9)15-13(17)14(18-8-19-15)20-12-5-3-4-11(16)7-12/h3-8H,17H2,1-2H3,(H,18,19,20). The van der Waals surface area contributed by atoms with Crippen LogP contribution in [0.4, 0.5) is 17.2 Å². The first kappa shape index (κ1) is 14.3. The summed E-state index contributed by atoms with van der Waals surface area (Å²) in [5.41, 5.74) is 9.28. The Morgan fingerprint density at radius 3 is 2.68 bits per heavy atom. The number of aromatic nitrogens is 4. The van der Waals surface area contributed by atoms with Crippen molar-refractivity contribution >= 4 is 28.8 Å². The molecule has 0 bridgehead atoms. The van der Waals surface area contributed by atoms with E-state index in [0.29, 0.717) is 22.3 Å². The van der Waals surface area contributed by atoms with Crippen LogP contribution in [0.3, 0.4) is 0 Å². The monoisotopic (exact) mass is 314 g/mol. The van der Waals surface area contributed by atoms with Crippen molar-refractivity contribution in [2.24, 2.45) is 0 Å². The lowest BCUT2D eigenvalue weighted by atomic mass is 10.3. The summed E-state index contributed by atoms with van der Waals surface area (Å²) in [5, 5.41) is 8.18. The number of benzene rings is 1. The molecule has 6 nitrogen and oxygen atoms in total. The van der Waals surface area contributed by atoms with E-state index in [-0.39, 0.29) is 0 Å². The highest BCUT2D eigenvalue weighted by Gasteiger charge is 2.13. The van der Waals surface area contributed by atoms with Crippen LogP contribution in [-0.2, 0) is 0 Å². The lowest BCUT2D eigenvalue weighted by molar-refractivity contribution is 0.804. The molecule has 112 valence electrons. The number of anilines is 3. The lowest BCUT2D eigenvalue weighted by Crippen LogP contribution is -2.09. The number of nitrogens with zero attached hydrogens (tertiary/aromatic N) is 4. The van der Waals surface area contributed by atoms with E-state index >= 15 is 0 Å². The molecule has 0 saturated carbocycles. The molecule has 2 aromatic heterocycles. The third kappa shape index (κ3) is 2.73. The van der Waals surface area contributed by atoms with Crippen LogP contribution >= 0.6 is 11.6 Å². The van der Waals surface area contributed by atoms with Crippen molar-refractivity contribution < 1.29 is 0 Å². The quantitative estimate of drug-likeness (QED) is 0.775. The Morgan fingerprint density at radius 1 is 1.18 bits per heavy atom. The molecule has 0 atom stereocenters. The average Bonchev–Trinajstić information content (AvgIpc) is 2.80. The van der Waals surface area contributed by atoms with Crippen LogP contribution in [0.1, 0.15) is 11.4 Å². The summed E-state index contributed by atoms with van der Waals surface area (Å²) in [6.07, 6.45) is 1.45. The minimum atomic E-state index is 0.425. The van der Waals surface area contributed by atoms with Gasteiger partial charge in [0, 0.05) is 16.4 Å². The van der Waals surface area contributed by atoms with E-state index in [0.717, 1.165) is 17.1 Å². The second-order valence-electron chi connectivity index (χ2n) is 4.93. The molecule has 3 rings (SSSR count). The van der Waals surface area contributed by atoms with Crippen LogP contribution in [0.5, 0.6) is 0 Å². The first-order valence-corrected chi connectivity index (χ1v) is 7.09. The summed E-state index contributed by atoms with van der Waals surface area (Å²) in [4.78, 5) is 8.44. The predicted molar refractivity (Wildman–Crippen MR) is 87.8 cm³/mol. The van der Waals surface area contributed by atoms with Crippen LogP contribution in [0.2, 0.25) is 5.02 Å². The molecular formula is C15H15ClN6. The van der Waals surface area contributed by atoms with Gasteiger partial charge >= 0.3 is 0 Å². The first-order valence-electron chi connectivity index (χ1n) is 6.71. The maximum absolute atomic E-state index is 6.20. The number of nitrogens with one attached hydrogen (secondary N) is 1. The van der Waals surface area contributed by atoms with Gasteiger partial charge in [-0.1, -0.05) is 17.7 Å². The second-order valence-corrected chi connectivity index (χ2v) is 5.37. The molecule has 0 aliphatic heterocycles. The van der Waals surface area contributed by atoms with Crippen molar-refractivity contribution in [1.29, 1.82) is 0 Å². The highest BCUT2D eigenvalue weighted by atomic mass is 35.5. The fourth-order valence-corrected chi connectivity index (χ4v) is 2.39. The summed E-state index contributed by atoms with van der Waals surface area (Å²) in [5.74, 6) is 1.06. The predicted octanol–water partition coefficient (Wildman–Crippen LogP) is 3.26. The Balaban J connectivity index is 2.01. The largest absolute Gasteiger partial charge is 0.393 e. The Bertz CT molecular complexity index is 827. The lowest BCUT2D eigenvalue weighted by Gasteiger charge is -2.12. The van der Waals surface area contributed by atoms with E-state index in [2.05, 4.69) is 20.4 Å². The third-order valence-corrected chi connectivity index (χ3v) is 3.40. The van der Waals surface area contributed by atoms with Gasteiger partial charge in [0.2, 0.25) is 0 Å². The average molecular weight is 315 g/mol. The molecule has 1 aromatic carbocycles. The zero-order chi connectivity index (χ0) is 15.7. The van der Waals surface area contributed by atoms with Gasteiger partial charge in [-0.2, -0.15) is 5.10 Å². The molecule has 7 heteroatoms. The number of halogens is 1. The van der Waals surface area contributed by atoms with Gasteiger partial charge in [-0.3, -0.25) is 0 Å². The minimum Gasteiger partial charge on any atom is -0.393 e. The molecule has 2 heterocycles. The molecule has 0 amide bonds. The van der Waals surface area contributed by atoms with Crippen LogP contribution in [0, 0.1) is 13.8 Å². The van der Waals surface area contributed by atoms with Gasteiger partial charge in [-0.05, 0) is 38.1 Å². The number of hydrogen-bond acceptors (Lipinski definition) is 5. The Labute approximate surface area is 133 Å². The van der Waals surface area contributed by atoms with Crippen molar-refractivity contribution in [3.63, 3.8) is 0 Å². The topological polar surface area (TPSA) is 81.7 Å². The van der Waals surface area contributed by atoms with Crippen molar-refractivity contribution in [2.75, 3.05) is 11.1 Å². The molecule has 0 saturated heterocycles. The molecule has 3 aromatic rings. The molecule has 0 aliphatic rings. The number of hydrogen-bond donors (Lipinski definition) is 2. The van der Waals surface area contributed by atoms with Gasteiger partial charge in [-0.25, -0.2) is 14.6 Å². The van der Waals surface area contributed by atoms with Gasteiger partial charge in [-0.15, -0.1) is 0 Å². The van der Waals surface area contributed by atoms with Gasteiger partial charge in [0.25, 0.3) is 0 Å². The van der Waals surface area contributed by atoms with Gasteiger partial charge in [0.1, 0.15) is 12.0 Å². The van der Waals surface area contributed by atoms with Crippen molar-refractivity contribution in [1.82, 2.24) is 19.7 Å². The van der Waals surface area contributed by atoms with Crippen LogP contribution in [-0.4, -0.2) is 19.7 Å². The van der Waals surface area contributed by atoms with Gasteiger partial charge in [0.15, 0.2) is 11.6 Å². The molecule has 3 N–H and O–H groups in total. The Kier molecular flexibility index (Phi) is 3.68. The van der Waals surface area contributed by atoms with Gasteiger partial charge in [0.05, 0.1) is 5.69 Å². The zero-order valence-corrected chi connectivity index (χ0v) is 13.0. The third-order valence-electron chi connectivity index (χ3n) is 3.16. The highest BCUT2D eigenvalue weighted by molar-refractivity contribution is 6.30. The summed E-state index contributed by atoms with van der Waals surface area (Å²) in [6, 6.07) is 9.30. The number of nitrogen functional groups attached to an aromatic ring is 1. The van der Waals surface area contributed by atoms with E-state index in [1.165, 1.54) is 6.33 Å². The van der Waals surface area contributed by atoms with Gasteiger partial charge < -0.3 is 11.1 Å². The maximum Gasteiger partial charge on any atom is 0.182 e. The minimum absolute atomic E-state index is 0.425. The Hall–Kier alpha value is -2.60. The molecule has 22 heavy (non-hydrogen) atoms. The molecule has 0 radical (unpaired) electrons. The van der Waals surface area contributed by atoms with E-state index in [1.54, 1.807) is 16.8 Å². The maximum atomic E-state index is 6.20. The summed E-state index contributed by atoms with van der Waals surface area (Å²) < 4.78 is 1.70. The summed E-state index contributed by atoms with van der Waals surface area (Å²) in [7, 11) is 0. The molecular weight excluding hydrogens is 300 g/mol. The molecule has 0 fully saturated rings. The zero-order valence-electron chi connectivity index (χ0n) is 12.2. The van der Waals surface area contributed by atoms with E-state index in [1.807, 2.05) is 32.0 Å². The van der Waals surface area contributed by atoms with E-state index < -0.39 is 0 Å². The van der Waals surface area contributed by atoms with Crippen LogP contribution in [0.15, 0.2) is 36.7 Å². The summed E-state index contributed by atoms with van der Waals surface area (Å²) in [6.45, 7) is 3.87. The number of rotatable bonds is 3. The van der Waals surface area contributed by atoms with Crippen molar-refractivity contribution in [2.45, 2.75) is 13.8 Å². The molecule has 0 aliphatic carbocycles. The van der Waals surface area contributed by atoms with Crippen molar-refractivity contribution in [3.05, 3.63) is 53.1 Å². The fraction of sp³-hybridized carbons (Fsp3) is 0.133. The van der Waals surface area contributed by atoms with Crippen LogP contribution in [0.25, 0.3) is 5.82 Å². The fourth-order valence-electron chi connectivity index (χ4n) is 2.20. The first-order chi connectivity index (χ1) is 10.5. The van der Waals surface area contributed by atoms with E-state index in [9.17, 15) is 0 Å². The second kappa shape index (κ2) is 5.65. The normalized spacial score (nSPS) is 10.7. The summed E-state index contributed by atoms with van der Waals surface area (Å²) >= 11 is 5.98. The number of aryl methyl sites for hydroxylation is 2. The number of nitrogens with two attached hydrogens (primary N) is 1. The smallest absolute Gasteiger partial charge is 0.182 e. The SMILES string of the molecule is Cc1cc(C)n(-c2ncnc(Nc3cccc(Cl)c3)c2N)n1. The molecule has 0 unspecified atom stereocenters. The van der Waals surface area contributed by atoms with E-state index in [4.69, 9.17) is 17.3 Å².